The summed E-state index contributed by atoms with van der Waals surface area (Å²) in [6.07, 6.45) is 4.78. The highest BCUT2D eigenvalue weighted by Gasteiger charge is 2.27. The summed E-state index contributed by atoms with van der Waals surface area (Å²) in [4.78, 5) is 25.7. The summed E-state index contributed by atoms with van der Waals surface area (Å²) in [5.74, 6) is 0.155. The standard InChI is InChI=1S/C27H29N5O2S/c1-2-17-11-12-22-23(14-17)35-27(30-22)32-24-16-21(13-18-7-4-3-5-8-18)29-26(31-24)28-20-10-6-9-19(15-20)25(33)34/h3-5,7-8,11-12,14,16,19-20H,2,6,9-10,13,15H2,1H3,(H,33,34)(H2,28,29,30,31,32). The van der Waals surface area contributed by atoms with Crippen molar-refractivity contribution < 1.29 is 9.90 Å². The predicted molar refractivity (Wildman–Crippen MR) is 141 cm³/mol. The fraction of sp³-hybridized carbons (Fsp3) is 0.333. The highest BCUT2D eigenvalue weighted by Crippen LogP contribution is 2.30. The Morgan fingerprint density at radius 3 is 2.71 bits per heavy atom. The van der Waals surface area contributed by atoms with Gasteiger partial charge in [0.2, 0.25) is 5.95 Å². The van der Waals surface area contributed by atoms with Gasteiger partial charge in [0.05, 0.1) is 21.8 Å². The highest BCUT2D eigenvalue weighted by atomic mass is 32.1. The minimum absolute atomic E-state index is 0.0413. The number of carboxylic acid groups (broad SMARTS) is 1. The van der Waals surface area contributed by atoms with E-state index >= 15 is 0 Å². The molecule has 0 spiro atoms. The molecular formula is C27H29N5O2S. The second-order valence-corrected chi connectivity index (χ2v) is 10.1. The van der Waals surface area contributed by atoms with Crippen molar-refractivity contribution in [3.05, 3.63) is 71.4 Å². The Bertz CT molecular complexity index is 1320. The lowest BCUT2D eigenvalue weighted by Gasteiger charge is -2.27. The maximum absolute atomic E-state index is 11.5. The molecule has 1 aliphatic rings. The minimum Gasteiger partial charge on any atom is -0.481 e. The van der Waals surface area contributed by atoms with E-state index in [2.05, 4.69) is 47.9 Å². The van der Waals surface area contributed by atoms with Crippen molar-refractivity contribution in [3.8, 4) is 0 Å². The molecule has 2 heterocycles. The molecule has 7 nitrogen and oxygen atoms in total. The van der Waals surface area contributed by atoms with Crippen molar-refractivity contribution in [1.82, 2.24) is 15.0 Å². The maximum Gasteiger partial charge on any atom is 0.306 e. The van der Waals surface area contributed by atoms with Gasteiger partial charge in [-0.25, -0.2) is 9.97 Å². The number of fused-ring (bicyclic) bond motifs is 1. The first-order valence-corrected chi connectivity index (χ1v) is 12.9. The molecule has 2 aromatic heterocycles. The third kappa shape index (κ3) is 5.77. The van der Waals surface area contributed by atoms with Crippen molar-refractivity contribution in [1.29, 1.82) is 0 Å². The molecule has 0 saturated heterocycles. The van der Waals surface area contributed by atoms with E-state index in [0.29, 0.717) is 24.6 Å². The van der Waals surface area contributed by atoms with Gasteiger partial charge in [-0.1, -0.05) is 61.1 Å². The van der Waals surface area contributed by atoms with E-state index in [9.17, 15) is 9.90 Å². The van der Waals surface area contributed by atoms with Crippen LogP contribution >= 0.6 is 11.3 Å². The van der Waals surface area contributed by atoms with Gasteiger partial charge in [0.15, 0.2) is 5.13 Å². The first-order valence-electron chi connectivity index (χ1n) is 12.1. The summed E-state index contributed by atoms with van der Waals surface area (Å²) < 4.78 is 1.14. The second-order valence-electron chi connectivity index (χ2n) is 9.07. The van der Waals surface area contributed by atoms with Crippen LogP contribution in [-0.4, -0.2) is 32.1 Å². The fourth-order valence-electron chi connectivity index (χ4n) is 4.60. The van der Waals surface area contributed by atoms with E-state index < -0.39 is 5.97 Å². The van der Waals surface area contributed by atoms with Crippen molar-refractivity contribution in [2.75, 3.05) is 10.6 Å². The smallest absolute Gasteiger partial charge is 0.306 e. The molecule has 180 valence electrons. The average Bonchev–Trinajstić information content (AvgIpc) is 3.26. The largest absolute Gasteiger partial charge is 0.481 e. The second kappa shape index (κ2) is 10.4. The Morgan fingerprint density at radius 2 is 1.91 bits per heavy atom. The number of carbonyl (C=O) groups is 1. The zero-order chi connectivity index (χ0) is 24.2. The van der Waals surface area contributed by atoms with Gasteiger partial charge in [-0.05, 0) is 48.9 Å². The van der Waals surface area contributed by atoms with Crippen LogP contribution in [0.15, 0.2) is 54.6 Å². The molecule has 4 aromatic rings. The number of benzene rings is 2. The minimum atomic E-state index is -0.723. The third-order valence-electron chi connectivity index (χ3n) is 6.46. The number of aromatic nitrogens is 3. The molecule has 1 saturated carbocycles. The molecule has 35 heavy (non-hydrogen) atoms. The van der Waals surface area contributed by atoms with Crippen LogP contribution in [0.2, 0.25) is 0 Å². The third-order valence-corrected chi connectivity index (χ3v) is 7.39. The molecule has 0 amide bonds. The Labute approximate surface area is 208 Å². The Balaban J connectivity index is 1.41. The number of aliphatic carboxylic acids is 1. The normalized spacial score (nSPS) is 17.9. The number of thiazole rings is 1. The number of rotatable bonds is 8. The maximum atomic E-state index is 11.5. The van der Waals surface area contributed by atoms with E-state index in [4.69, 9.17) is 15.0 Å². The number of hydrogen-bond donors (Lipinski definition) is 3. The number of hydrogen-bond acceptors (Lipinski definition) is 7. The van der Waals surface area contributed by atoms with E-state index in [1.54, 1.807) is 11.3 Å². The first kappa shape index (κ1) is 23.2. The van der Waals surface area contributed by atoms with Crippen molar-refractivity contribution >= 4 is 44.4 Å². The van der Waals surface area contributed by atoms with Crippen LogP contribution in [0.25, 0.3) is 10.2 Å². The van der Waals surface area contributed by atoms with Gasteiger partial charge in [-0.3, -0.25) is 4.79 Å². The van der Waals surface area contributed by atoms with Crippen molar-refractivity contribution in [2.24, 2.45) is 5.92 Å². The lowest BCUT2D eigenvalue weighted by Crippen LogP contribution is -2.31. The van der Waals surface area contributed by atoms with Crippen LogP contribution in [0, 0.1) is 5.92 Å². The molecule has 0 radical (unpaired) electrons. The van der Waals surface area contributed by atoms with Gasteiger partial charge in [-0.15, -0.1) is 0 Å². The summed E-state index contributed by atoms with van der Waals surface area (Å²) >= 11 is 1.61. The summed E-state index contributed by atoms with van der Waals surface area (Å²) in [6.45, 7) is 2.15. The summed E-state index contributed by atoms with van der Waals surface area (Å²) in [5, 5.41) is 17.0. The van der Waals surface area contributed by atoms with Gasteiger partial charge in [0.1, 0.15) is 5.82 Å². The predicted octanol–water partition coefficient (Wildman–Crippen LogP) is 6.04. The molecule has 2 unspecified atom stereocenters. The molecule has 3 N–H and O–H groups in total. The molecule has 5 rings (SSSR count). The van der Waals surface area contributed by atoms with Crippen LogP contribution in [0.3, 0.4) is 0 Å². The van der Waals surface area contributed by atoms with E-state index in [-0.39, 0.29) is 12.0 Å². The average molecular weight is 488 g/mol. The summed E-state index contributed by atoms with van der Waals surface area (Å²) in [7, 11) is 0. The van der Waals surface area contributed by atoms with Crippen molar-refractivity contribution in [3.63, 3.8) is 0 Å². The zero-order valence-corrected chi connectivity index (χ0v) is 20.5. The van der Waals surface area contributed by atoms with Crippen LogP contribution < -0.4 is 10.6 Å². The fourth-order valence-corrected chi connectivity index (χ4v) is 5.54. The Morgan fingerprint density at radius 1 is 1.06 bits per heavy atom. The van der Waals surface area contributed by atoms with Gasteiger partial charge < -0.3 is 15.7 Å². The Kier molecular flexibility index (Phi) is 6.90. The topological polar surface area (TPSA) is 100 Å². The van der Waals surface area contributed by atoms with Gasteiger partial charge in [0, 0.05) is 18.5 Å². The molecule has 8 heteroatoms. The summed E-state index contributed by atoms with van der Waals surface area (Å²) in [5.41, 5.74) is 4.31. The highest BCUT2D eigenvalue weighted by molar-refractivity contribution is 7.22. The van der Waals surface area contributed by atoms with Crippen LogP contribution in [0.5, 0.6) is 0 Å². The molecule has 0 bridgehead atoms. The first-order chi connectivity index (χ1) is 17.1. The molecule has 0 aliphatic heterocycles. The van der Waals surface area contributed by atoms with Crippen LogP contribution in [-0.2, 0) is 17.6 Å². The molecular weight excluding hydrogens is 458 g/mol. The lowest BCUT2D eigenvalue weighted by atomic mass is 9.86. The zero-order valence-electron chi connectivity index (χ0n) is 19.7. The van der Waals surface area contributed by atoms with Gasteiger partial charge in [-0.2, -0.15) is 4.98 Å². The van der Waals surface area contributed by atoms with E-state index in [1.807, 2.05) is 24.3 Å². The molecule has 2 aromatic carbocycles. The number of anilines is 3. The SMILES string of the molecule is CCc1ccc2nc(Nc3cc(Cc4ccccc4)nc(NC4CCCC(C(=O)O)C4)n3)sc2c1. The summed E-state index contributed by atoms with van der Waals surface area (Å²) in [6, 6.07) is 18.6. The quantitative estimate of drug-likeness (QED) is 0.279. The van der Waals surface area contributed by atoms with E-state index in [0.717, 1.165) is 46.7 Å². The van der Waals surface area contributed by atoms with Gasteiger partial charge >= 0.3 is 5.97 Å². The van der Waals surface area contributed by atoms with Gasteiger partial charge in [0.25, 0.3) is 0 Å². The monoisotopic (exact) mass is 487 g/mol. The van der Waals surface area contributed by atoms with Crippen LogP contribution in [0.1, 0.15) is 49.4 Å². The van der Waals surface area contributed by atoms with Crippen molar-refractivity contribution in [2.45, 2.75) is 51.5 Å². The molecule has 1 aliphatic carbocycles. The molecule has 2 atom stereocenters. The number of nitrogens with one attached hydrogen (secondary N) is 2. The number of aryl methyl sites for hydroxylation is 1. The van der Waals surface area contributed by atoms with Crippen LogP contribution in [0.4, 0.5) is 16.9 Å². The number of nitrogens with zero attached hydrogens (tertiary/aromatic N) is 3. The Hall–Kier alpha value is -3.52. The number of carboxylic acids is 1. The lowest BCUT2D eigenvalue weighted by molar-refractivity contribution is -0.142. The molecule has 1 fully saturated rings. The van der Waals surface area contributed by atoms with E-state index in [1.165, 1.54) is 11.1 Å².